The van der Waals surface area contributed by atoms with Gasteiger partial charge in [-0.1, -0.05) is 43.5 Å². The lowest BCUT2D eigenvalue weighted by Gasteiger charge is -2.23. The molecule has 4 rings (SSSR count). The molecular weight excluding hydrogens is 300 g/mol. The molecule has 0 N–H and O–H groups in total. The van der Waals surface area contributed by atoms with Crippen LogP contribution in [-0.4, -0.2) is 41.8 Å². The van der Waals surface area contributed by atoms with E-state index in [1.165, 1.54) is 48.1 Å². The molecule has 128 valence electrons. The first kappa shape index (κ1) is 15.8. The monoisotopic (exact) mass is 326 g/mol. The molecule has 1 aromatic rings. The van der Waals surface area contributed by atoms with Crippen molar-refractivity contribution in [2.24, 2.45) is 11.8 Å². The van der Waals surface area contributed by atoms with E-state index in [0.717, 1.165) is 12.5 Å². The van der Waals surface area contributed by atoms with Crippen LogP contribution in [0.5, 0.6) is 0 Å². The fourth-order valence-electron chi connectivity index (χ4n) is 4.71. The largest absolute Gasteiger partial charge is 0.297 e. The summed E-state index contributed by atoms with van der Waals surface area (Å²) in [7, 11) is 1.61. The minimum absolute atomic E-state index is 0.000136. The van der Waals surface area contributed by atoms with Crippen molar-refractivity contribution in [2.75, 3.05) is 20.1 Å². The second-order valence-corrected chi connectivity index (χ2v) is 7.72. The van der Waals surface area contributed by atoms with Crippen molar-refractivity contribution in [2.45, 2.75) is 44.6 Å². The molecule has 0 radical (unpaired) electrons. The predicted molar refractivity (Wildman–Crippen MR) is 92.3 cm³/mol. The molecule has 2 saturated heterocycles. The van der Waals surface area contributed by atoms with Gasteiger partial charge in [0, 0.05) is 26.7 Å². The third-order valence-corrected chi connectivity index (χ3v) is 6.15. The fourth-order valence-corrected chi connectivity index (χ4v) is 4.71. The van der Waals surface area contributed by atoms with Crippen LogP contribution < -0.4 is 0 Å². The van der Waals surface area contributed by atoms with Gasteiger partial charge in [-0.05, 0) is 29.9 Å². The molecule has 2 amide bonds. The second-order valence-electron chi connectivity index (χ2n) is 7.72. The molecule has 4 nitrogen and oxygen atoms in total. The lowest BCUT2D eigenvalue weighted by Crippen LogP contribution is -2.32. The van der Waals surface area contributed by atoms with Crippen molar-refractivity contribution in [3.63, 3.8) is 0 Å². The Labute approximate surface area is 143 Å². The summed E-state index contributed by atoms with van der Waals surface area (Å²) in [5, 5.41) is 0. The summed E-state index contributed by atoms with van der Waals surface area (Å²) in [6.07, 6.45) is 6.76. The zero-order valence-corrected chi connectivity index (χ0v) is 14.4. The van der Waals surface area contributed by atoms with Gasteiger partial charge in [-0.2, -0.15) is 0 Å². The summed E-state index contributed by atoms with van der Waals surface area (Å²) in [5.74, 6) is 0.498. The highest BCUT2D eigenvalue weighted by Gasteiger charge is 2.50. The molecule has 2 atom stereocenters. The highest BCUT2D eigenvalue weighted by molar-refractivity contribution is 6.05. The minimum Gasteiger partial charge on any atom is -0.297 e. The Bertz CT molecular complexity index is 610. The molecule has 1 aliphatic carbocycles. The summed E-state index contributed by atoms with van der Waals surface area (Å²) >= 11 is 0. The summed E-state index contributed by atoms with van der Waals surface area (Å²) in [6, 6.07) is 9.03. The van der Waals surface area contributed by atoms with Gasteiger partial charge in [0.05, 0.1) is 11.8 Å². The molecule has 1 aromatic carbocycles. The lowest BCUT2D eigenvalue weighted by atomic mass is 9.84. The maximum Gasteiger partial charge on any atom is 0.234 e. The Morgan fingerprint density at radius 3 is 2.08 bits per heavy atom. The van der Waals surface area contributed by atoms with E-state index in [-0.39, 0.29) is 23.7 Å². The average Bonchev–Trinajstić information content (AvgIpc) is 3.12. The molecule has 3 fully saturated rings. The lowest BCUT2D eigenvalue weighted by molar-refractivity contribution is -0.138. The number of carbonyl (C=O) groups is 2. The molecule has 3 aliphatic rings. The predicted octanol–water partition coefficient (Wildman–Crippen LogP) is 2.78. The van der Waals surface area contributed by atoms with Crippen LogP contribution in [0.4, 0.5) is 0 Å². The number of imide groups is 1. The zero-order chi connectivity index (χ0) is 16.7. The number of likely N-dealkylation sites (tertiary alicyclic amines) is 2. The highest BCUT2D eigenvalue weighted by Crippen LogP contribution is 2.34. The number of benzene rings is 1. The quantitative estimate of drug-likeness (QED) is 0.802. The number of rotatable bonds is 3. The van der Waals surface area contributed by atoms with Crippen molar-refractivity contribution < 1.29 is 9.59 Å². The van der Waals surface area contributed by atoms with Crippen molar-refractivity contribution in [3.8, 4) is 0 Å². The molecule has 2 aliphatic heterocycles. The van der Waals surface area contributed by atoms with Gasteiger partial charge >= 0.3 is 0 Å². The van der Waals surface area contributed by atoms with Gasteiger partial charge in [0.15, 0.2) is 0 Å². The van der Waals surface area contributed by atoms with Crippen molar-refractivity contribution in [1.82, 2.24) is 9.80 Å². The Morgan fingerprint density at radius 2 is 1.50 bits per heavy atom. The van der Waals surface area contributed by atoms with Crippen LogP contribution in [0, 0.1) is 11.8 Å². The van der Waals surface area contributed by atoms with Crippen molar-refractivity contribution in [3.05, 3.63) is 35.4 Å². The maximum absolute atomic E-state index is 12.1. The Balaban J connectivity index is 1.38. The van der Waals surface area contributed by atoms with Crippen LogP contribution in [0.1, 0.15) is 49.1 Å². The zero-order valence-electron chi connectivity index (χ0n) is 14.4. The van der Waals surface area contributed by atoms with E-state index in [9.17, 15) is 9.59 Å². The number of hydrogen-bond donors (Lipinski definition) is 0. The van der Waals surface area contributed by atoms with Crippen molar-refractivity contribution >= 4 is 11.8 Å². The summed E-state index contributed by atoms with van der Waals surface area (Å²) in [4.78, 5) is 27.8. The molecule has 0 aromatic heterocycles. The third-order valence-electron chi connectivity index (χ3n) is 6.15. The molecule has 0 unspecified atom stereocenters. The number of fused-ring (bicyclic) bond motifs is 1. The van der Waals surface area contributed by atoms with E-state index in [1.54, 1.807) is 7.05 Å². The molecular formula is C20H26N2O2. The highest BCUT2D eigenvalue weighted by atomic mass is 16.2. The molecule has 24 heavy (non-hydrogen) atoms. The maximum atomic E-state index is 12.1. The molecule has 0 spiro atoms. The summed E-state index contributed by atoms with van der Waals surface area (Å²) < 4.78 is 0. The second kappa shape index (κ2) is 6.32. The first-order valence-corrected chi connectivity index (χ1v) is 9.26. The van der Waals surface area contributed by atoms with Crippen LogP contribution >= 0.6 is 0 Å². The molecule has 4 heteroatoms. The van der Waals surface area contributed by atoms with E-state index in [2.05, 4.69) is 29.2 Å². The van der Waals surface area contributed by atoms with Crippen molar-refractivity contribution in [1.29, 1.82) is 0 Å². The van der Waals surface area contributed by atoms with Crippen LogP contribution in [-0.2, 0) is 16.1 Å². The fraction of sp³-hybridized carbons (Fsp3) is 0.600. The first-order valence-electron chi connectivity index (χ1n) is 9.26. The average molecular weight is 326 g/mol. The minimum atomic E-state index is -0.121. The van der Waals surface area contributed by atoms with Crippen LogP contribution in [0.25, 0.3) is 0 Å². The van der Waals surface area contributed by atoms with Gasteiger partial charge in [-0.3, -0.25) is 19.4 Å². The van der Waals surface area contributed by atoms with E-state index in [4.69, 9.17) is 0 Å². The normalized spacial score (nSPS) is 28.6. The van der Waals surface area contributed by atoms with E-state index in [0.29, 0.717) is 13.1 Å². The smallest absolute Gasteiger partial charge is 0.234 e. The Hall–Kier alpha value is -1.68. The van der Waals surface area contributed by atoms with E-state index < -0.39 is 0 Å². The van der Waals surface area contributed by atoms with E-state index >= 15 is 0 Å². The van der Waals surface area contributed by atoms with Crippen LogP contribution in [0.2, 0.25) is 0 Å². The van der Waals surface area contributed by atoms with Gasteiger partial charge in [0.1, 0.15) is 0 Å². The Kier molecular flexibility index (Phi) is 4.17. The topological polar surface area (TPSA) is 40.6 Å². The SMILES string of the molecule is CN1C(=O)[C@H]2CN(Cc3ccc(C4CCCCC4)cc3)C[C@H]2C1=O. The number of nitrogens with zero attached hydrogens (tertiary/aromatic N) is 2. The molecule has 0 bridgehead atoms. The number of carbonyl (C=O) groups excluding carboxylic acids is 2. The standard InChI is InChI=1S/C20H26N2O2/c1-21-19(23)17-12-22(13-18(17)20(21)24)11-14-7-9-16(10-8-14)15-5-3-2-4-6-15/h7-10,15,17-18H,2-6,11-13H2,1H3/t17-,18+. The van der Waals surface area contributed by atoms with Crippen LogP contribution in [0.3, 0.4) is 0 Å². The number of amides is 2. The van der Waals surface area contributed by atoms with Crippen LogP contribution in [0.15, 0.2) is 24.3 Å². The van der Waals surface area contributed by atoms with E-state index in [1.807, 2.05) is 0 Å². The van der Waals surface area contributed by atoms with Gasteiger partial charge in [-0.15, -0.1) is 0 Å². The molecule has 1 saturated carbocycles. The van der Waals surface area contributed by atoms with Gasteiger partial charge in [0.2, 0.25) is 11.8 Å². The van der Waals surface area contributed by atoms with Gasteiger partial charge in [0.25, 0.3) is 0 Å². The Morgan fingerprint density at radius 1 is 0.917 bits per heavy atom. The number of hydrogen-bond acceptors (Lipinski definition) is 3. The molecule has 2 heterocycles. The van der Waals surface area contributed by atoms with Gasteiger partial charge < -0.3 is 0 Å². The first-order chi connectivity index (χ1) is 11.6. The summed E-state index contributed by atoms with van der Waals surface area (Å²) in [5.41, 5.74) is 2.76. The third kappa shape index (κ3) is 2.77. The van der Waals surface area contributed by atoms with Gasteiger partial charge in [-0.25, -0.2) is 0 Å². The summed E-state index contributed by atoms with van der Waals surface area (Å²) in [6.45, 7) is 2.26.